The third-order valence-electron chi connectivity index (χ3n) is 2.18. The summed E-state index contributed by atoms with van der Waals surface area (Å²) >= 11 is 0. The summed E-state index contributed by atoms with van der Waals surface area (Å²) in [5, 5.41) is 18.8. The zero-order valence-corrected chi connectivity index (χ0v) is 7.18. The van der Waals surface area contributed by atoms with E-state index in [4.69, 9.17) is 15.2 Å². The van der Waals surface area contributed by atoms with E-state index in [-0.39, 0.29) is 6.10 Å². The van der Waals surface area contributed by atoms with E-state index in [0.29, 0.717) is 0 Å². The molecule has 1 heterocycles. The van der Waals surface area contributed by atoms with Gasteiger partial charge in [0.2, 0.25) is 0 Å². The number of methoxy groups -OCH3 is 1. The molecule has 0 unspecified atom stereocenters. The molecule has 4 N–H and O–H groups in total. The Hall–Kier alpha value is -0.200. The maximum Gasteiger partial charge on any atom is 0.184 e. The summed E-state index contributed by atoms with van der Waals surface area (Å²) in [5.74, 6) is 0. The van der Waals surface area contributed by atoms with Gasteiger partial charge in [-0.05, 0) is 6.92 Å². The van der Waals surface area contributed by atoms with E-state index in [9.17, 15) is 10.2 Å². The molecule has 0 aromatic rings. The number of aliphatic hydroxyl groups excluding tert-OH is 2. The van der Waals surface area contributed by atoms with Crippen molar-refractivity contribution < 1.29 is 19.7 Å². The molecule has 1 saturated heterocycles. The molecule has 1 aliphatic rings. The van der Waals surface area contributed by atoms with Crippen LogP contribution in [0.1, 0.15) is 6.92 Å². The topological polar surface area (TPSA) is 84.9 Å². The molecule has 5 nitrogen and oxygen atoms in total. The lowest BCUT2D eigenvalue weighted by molar-refractivity contribution is -0.256. The molecule has 1 aliphatic heterocycles. The molecule has 0 aliphatic carbocycles. The Morgan fingerprint density at radius 1 is 1.42 bits per heavy atom. The van der Waals surface area contributed by atoms with Gasteiger partial charge in [0.15, 0.2) is 6.29 Å². The van der Waals surface area contributed by atoms with Gasteiger partial charge < -0.3 is 25.4 Å². The molecule has 12 heavy (non-hydrogen) atoms. The van der Waals surface area contributed by atoms with Gasteiger partial charge in [-0.3, -0.25) is 0 Å². The lowest BCUT2D eigenvalue weighted by atomic mass is 9.98. The number of ether oxygens (including phenoxy) is 2. The maximum absolute atomic E-state index is 9.49. The average Bonchev–Trinajstić information content (AvgIpc) is 2.01. The number of hydrogen-bond donors (Lipinski definition) is 3. The summed E-state index contributed by atoms with van der Waals surface area (Å²) in [4.78, 5) is 0. The molecule has 0 spiro atoms. The minimum absolute atomic E-state index is 0.360. The fourth-order valence-corrected chi connectivity index (χ4v) is 1.31. The Morgan fingerprint density at radius 2 is 2.00 bits per heavy atom. The fraction of sp³-hybridized carbons (Fsp3) is 1.00. The van der Waals surface area contributed by atoms with Crippen LogP contribution in [-0.2, 0) is 9.47 Å². The maximum atomic E-state index is 9.49. The Bertz CT molecular complexity index is 154. The molecule has 1 fully saturated rings. The van der Waals surface area contributed by atoms with E-state index < -0.39 is 24.5 Å². The molecule has 5 atom stereocenters. The molecule has 1 rings (SSSR count). The first kappa shape index (κ1) is 9.88. The summed E-state index contributed by atoms with van der Waals surface area (Å²) in [6.45, 7) is 1.70. The van der Waals surface area contributed by atoms with Crippen molar-refractivity contribution in [2.75, 3.05) is 7.11 Å². The van der Waals surface area contributed by atoms with Crippen LogP contribution in [0.3, 0.4) is 0 Å². The first-order chi connectivity index (χ1) is 5.57. The number of rotatable bonds is 1. The highest BCUT2D eigenvalue weighted by atomic mass is 16.6. The fourth-order valence-electron chi connectivity index (χ4n) is 1.31. The highest BCUT2D eigenvalue weighted by molar-refractivity contribution is 4.90. The summed E-state index contributed by atoms with van der Waals surface area (Å²) in [7, 11) is 1.39. The minimum Gasteiger partial charge on any atom is -0.388 e. The highest BCUT2D eigenvalue weighted by Gasteiger charge is 2.40. The van der Waals surface area contributed by atoms with Gasteiger partial charge in [0.05, 0.1) is 12.1 Å². The van der Waals surface area contributed by atoms with Gasteiger partial charge in [0.25, 0.3) is 0 Å². The van der Waals surface area contributed by atoms with Gasteiger partial charge >= 0.3 is 0 Å². The van der Waals surface area contributed by atoms with Crippen LogP contribution >= 0.6 is 0 Å². The average molecular weight is 177 g/mol. The Balaban J connectivity index is 2.65. The predicted molar refractivity (Wildman–Crippen MR) is 41.3 cm³/mol. The van der Waals surface area contributed by atoms with Crippen LogP contribution in [0, 0.1) is 0 Å². The van der Waals surface area contributed by atoms with E-state index >= 15 is 0 Å². The number of hydrogen-bond acceptors (Lipinski definition) is 5. The van der Waals surface area contributed by atoms with Crippen molar-refractivity contribution >= 4 is 0 Å². The van der Waals surface area contributed by atoms with Crippen molar-refractivity contribution in [3.8, 4) is 0 Å². The van der Waals surface area contributed by atoms with Gasteiger partial charge in [0, 0.05) is 7.11 Å². The predicted octanol–water partition coefficient (Wildman–Crippen LogP) is -1.57. The lowest BCUT2D eigenvalue weighted by Gasteiger charge is -2.39. The lowest BCUT2D eigenvalue weighted by Crippen LogP contribution is -2.60. The monoisotopic (exact) mass is 177 g/mol. The van der Waals surface area contributed by atoms with Crippen LogP contribution < -0.4 is 5.73 Å². The molecule has 0 bridgehead atoms. The molecule has 0 aromatic heterocycles. The van der Waals surface area contributed by atoms with E-state index in [1.54, 1.807) is 6.92 Å². The van der Waals surface area contributed by atoms with Crippen molar-refractivity contribution in [1.29, 1.82) is 0 Å². The largest absolute Gasteiger partial charge is 0.388 e. The Labute approximate surface area is 71.1 Å². The molecule has 0 aromatic carbocycles. The summed E-state index contributed by atoms with van der Waals surface area (Å²) < 4.78 is 9.85. The van der Waals surface area contributed by atoms with Gasteiger partial charge in [-0.1, -0.05) is 0 Å². The standard InChI is InChI=1S/C7H15NO4/c1-3-4(8)5(9)6(11-2)7(10)12-3/h3-7,9-10H,8H2,1-2H3/t3-,4-,5+,6+,7-/m1/s1. The zero-order valence-electron chi connectivity index (χ0n) is 7.18. The molecular weight excluding hydrogens is 162 g/mol. The second kappa shape index (κ2) is 3.68. The number of nitrogens with two attached hydrogens (primary N) is 1. The van der Waals surface area contributed by atoms with Gasteiger partial charge in [0.1, 0.15) is 12.2 Å². The first-order valence-electron chi connectivity index (χ1n) is 3.88. The van der Waals surface area contributed by atoms with Crippen LogP contribution in [0.4, 0.5) is 0 Å². The van der Waals surface area contributed by atoms with Crippen LogP contribution in [0.5, 0.6) is 0 Å². The van der Waals surface area contributed by atoms with Crippen LogP contribution in [0.15, 0.2) is 0 Å². The normalized spacial score (nSPS) is 49.2. The van der Waals surface area contributed by atoms with Gasteiger partial charge in [-0.25, -0.2) is 0 Å². The van der Waals surface area contributed by atoms with Crippen molar-refractivity contribution in [2.45, 2.75) is 37.6 Å². The number of aliphatic hydroxyl groups is 2. The quantitative estimate of drug-likeness (QED) is 0.450. The van der Waals surface area contributed by atoms with Crippen LogP contribution in [-0.4, -0.2) is 48.0 Å². The summed E-state index contributed by atoms with van der Waals surface area (Å²) in [5.41, 5.74) is 5.58. The molecule has 72 valence electrons. The second-order valence-corrected chi connectivity index (χ2v) is 3.00. The van der Waals surface area contributed by atoms with E-state index in [1.165, 1.54) is 7.11 Å². The third kappa shape index (κ3) is 1.60. The molecule has 0 amide bonds. The zero-order chi connectivity index (χ0) is 9.30. The van der Waals surface area contributed by atoms with Crippen LogP contribution in [0.2, 0.25) is 0 Å². The van der Waals surface area contributed by atoms with Crippen LogP contribution in [0.25, 0.3) is 0 Å². The third-order valence-corrected chi connectivity index (χ3v) is 2.18. The Kier molecular flexibility index (Phi) is 3.03. The van der Waals surface area contributed by atoms with Gasteiger partial charge in [-0.15, -0.1) is 0 Å². The van der Waals surface area contributed by atoms with E-state index in [2.05, 4.69) is 0 Å². The van der Waals surface area contributed by atoms with Gasteiger partial charge in [-0.2, -0.15) is 0 Å². The second-order valence-electron chi connectivity index (χ2n) is 3.00. The van der Waals surface area contributed by atoms with Crippen molar-refractivity contribution in [1.82, 2.24) is 0 Å². The van der Waals surface area contributed by atoms with Crippen molar-refractivity contribution in [3.63, 3.8) is 0 Å². The molecule has 0 radical (unpaired) electrons. The highest BCUT2D eigenvalue weighted by Crippen LogP contribution is 2.19. The smallest absolute Gasteiger partial charge is 0.184 e. The van der Waals surface area contributed by atoms with Crippen molar-refractivity contribution in [2.24, 2.45) is 5.73 Å². The molecular formula is C7H15NO4. The molecule has 0 saturated carbocycles. The first-order valence-corrected chi connectivity index (χ1v) is 3.88. The molecule has 5 heteroatoms. The SMILES string of the molecule is CO[C@H]1[C@@H](O)[C@H](N)[C@@H](C)O[C@H]1O. The van der Waals surface area contributed by atoms with Crippen molar-refractivity contribution in [3.05, 3.63) is 0 Å². The van der Waals surface area contributed by atoms with E-state index in [0.717, 1.165) is 0 Å². The Morgan fingerprint density at radius 3 is 2.50 bits per heavy atom. The van der Waals surface area contributed by atoms with E-state index in [1.807, 2.05) is 0 Å². The summed E-state index contributed by atoms with van der Waals surface area (Å²) in [6, 6.07) is -0.515. The minimum atomic E-state index is -1.10. The summed E-state index contributed by atoms with van der Waals surface area (Å²) in [6.07, 6.45) is -3.09.